The van der Waals surface area contributed by atoms with E-state index < -0.39 is 0 Å². The number of halogens is 4. The van der Waals surface area contributed by atoms with Crippen LogP contribution in [0.3, 0.4) is 0 Å². The molecule has 2 aromatic heterocycles. The van der Waals surface area contributed by atoms with Crippen molar-refractivity contribution in [3.8, 4) is 0 Å². The number of hydrogen-bond donors (Lipinski definition) is 0. The van der Waals surface area contributed by atoms with E-state index in [0.29, 0.717) is 20.6 Å². The standard InChI is InChI=1S/C10H4Cl4N2S2/c11-7-1-5(2-8(12)15-7)17-18-6-3-9(13)16-10(14)4-6/h1-4H. The number of pyridine rings is 2. The second-order valence-corrected chi connectivity index (χ2v) is 6.89. The third-order valence-corrected chi connectivity index (χ3v) is 4.83. The van der Waals surface area contributed by atoms with E-state index in [1.54, 1.807) is 24.3 Å². The fourth-order valence-electron chi connectivity index (χ4n) is 1.08. The predicted molar refractivity (Wildman–Crippen MR) is 80.2 cm³/mol. The molecule has 18 heavy (non-hydrogen) atoms. The Labute approximate surface area is 132 Å². The van der Waals surface area contributed by atoms with Gasteiger partial charge in [0, 0.05) is 9.79 Å². The molecular weight excluding hydrogens is 354 g/mol. The second kappa shape index (κ2) is 6.55. The summed E-state index contributed by atoms with van der Waals surface area (Å²) in [6.45, 7) is 0. The van der Waals surface area contributed by atoms with Crippen LogP contribution >= 0.6 is 68.0 Å². The third kappa shape index (κ3) is 4.37. The van der Waals surface area contributed by atoms with Crippen molar-refractivity contribution >= 4 is 68.0 Å². The van der Waals surface area contributed by atoms with Gasteiger partial charge in [-0.05, 0) is 24.3 Å². The summed E-state index contributed by atoms with van der Waals surface area (Å²) < 4.78 is 0. The first-order valence-electron chi connectivity index (χ1n) is 4.53. The zero-order valence-corrected chi connectivity index (χ0v) is 13.2. The molecule has 2 nitrogen and oxygen atoms in total. The van der Waals surface area contributed by atoms with Gasteiger partial charge in [-0.2, -0.15) is 0 Å². The molecule has 0 aliphatic rings. The molecule has 8 heteroatoms. The van der Waals surface area contributed by atoms with E-state index in [9.17, 15) is 0 Å². The van der Waals surface area contributed by atoms with Gasteiger partial charge in [-0.1, -0.05) is 68.0 Å². The van der Waals surface area contributed by atoms with Crippen molar-refractivity contribution in [2.45, 2.75) is 9.79 Å². The molecule has 0 radical (unpaired) electrons. The van der Waals surface area contributed by atoms with E-state index in [4.69, 9.17) is 46.4 Å². The van der Waals surface area contributed by atoms with Crippen LogP contribution in [0.25, 0.3) is 0 Å². The van der Waals surface area contributed by atoms with Gasteiger partial charge in [0.15, 0.2) is 0 Å². The van der Waals surface area contributed by atoms with Crippen molar-refractivity contribution in [1.82, 2.24) is 9.97 Å². The molecule has 0 saturated heterocycles. The first-order valence-corrected chi connectivity index (χ1v) is 8.20. The van der Waals surface area contributed by atoms with Gasteiger partial charge in [0.05, 0.1) is 0 Å². The normalized spacial score (nSPS) is 10.7. The lowest BCUT2D eigenvalue weighted by atomic mass is 10.5. The van der Waals surface area contributed by atoms with Crippen LogP contribution in [0.2, 0.25) is 20.6 Å². The molecule has 0 atom stereocenters. The average molecular weight is 358 g/mol. The number of aromatic nitrogens is 2. The highest BCUT2D eigenvalue weighted by atomic mass is 35.5. The highest BCUT2D eigenvalue weighted by molar-refractivity contribution is 8.76. The van der Waals surface area contributed by atoms with Crippen molar-refractivity contribution in [3.63, 3.8) is 0 Å². The van der Waals surface area contributed by atoms with Crippen LogP contribution in [-0.2, 0) is 0 Å². The van der Waals surface area contributed by atoms with Gasteiger partial charge in [-0.25, -0.2) is 9.97 Å². The Balaban J connectivity index is 2.11. The first-order chi connectivity index (χ1) is 8.52. The summed E-state index contributed by atoms with van der Waals surface area (Å²) in [4.78, 5) is 9.54. The second-order valence-electron chi connectivity index (χ2n) is 3.06. The average Bonchev–Trinajstić information content (AvgIpc) is 2.23. The van der Waals surface area contributed by atoms with Gasteiger partial charge in [-0.3, -0.25) is 0 Å². The maximum absolute atomic E-state index is 5.81. The minimum Gasteiger partial charge on any atom is -0.224 e. The molecular formula is C10H4Cl4N2S2. The van der Waals surface area contributed by atoms with Gasteiger partial charge in [0.25, 0.3) is 0 Å². The van der Waals surface area contributed by atoms with Crippen LogP contribution < -0.4 is 0 Å². The van der Waals surface area contributed by atoms with E-state index in [-0.39, 0.29) is 0 Å². The van der Waals surface area contributed by atoms with E-state index in [0.717, 1.165) is 9.79 Å². The Kier molecular flexibility index (Phi) is 5.30. The Bertz CT molecular complexity index is 488. The minimum atomic E-state index is 0.358. The lowest BCUT2D eigenvalue weighted by molar-refractivity contribution is 1.26. The van der Waals surface area contributed by atoms with Gasteiger partial charge in [0.1, 0.15) is 20.6 Å². The molecule has 0 spiro atoms. The van der Waals surface area contributed by atoms with Crippen LogP contribution in [0.5, 0.6) is 0 Å². The van der Waals surface area contributed by atoms with Crippen LogP contribution in [0.15, 0.2) is 34.1 Å². The Morgan fingerprint density at radius 3 is 1.17 bits per heavy atom. The highest BCUT2D eigenvalue weighted by Gasteiger charge is 2.04. The zero-order chi connectivity index (χ0) is 13.1. The smallest absolute Gasteiger partial charge is 0.131 e. The number of nitrogens with zero attached hydrogens (tertiary/aromatic N) is 2. The molecule has 0 N–H and O–H groups in total. The van der Waals surface area contributed by atoms with Crippen LogP contribution in [-0.4, -0.2) is 9.97 Å². The maximum atomic E-state index is 5.81. The van der Waals surface area contributed by atoms with Crippen LogP contribution in [0.1, 0.15) is 0 Å². The molecule has 0 fully saturated rings. The highest BCUT2D eigenvalue weighted by Crippen LogP contribution is 2.39. The summed E-state index contributed by atoms with van der Waals surface area (Å²) in [5, 5.41) is 1.43. The SMILES string of the molecule is Clc1cc(SSc2cc(Cl)nc(Cl)c2)cc(Cl)n1. The molecule has 94 valence electrons. The minimum absolute atomic E-state index is 0.358. The Hall–Kier alpha value is 0.160. The summed E-state index contributed by atoms with van der Waals surface area (Å²) in [5.74, 6) is 0. The van der Waals surface area contributed by atoms with Crippen molar-refractivity contribution in [2.75, 3.05) is 0 Å². The molecule has 0 bridgehead atoms. The summed E-state index contributed by atoms with van der Waals surface area (Å²) in [6, 6.07) is 6.93. The summed E-state index contributed by atoms with van der Waals surface area (Å²) in [6.07, 6.45) is 0. The molecule has 0 amide bonds. The summed E-state index contributed by atoms with van der Waals surface area (Å²) >= 11 is 23.2. The monoisotopic (exact) mass is 356 g/mol. The summed E-state index contributed by atoms with van der Waals surface area (Å²) in [7, 11) is 2.96. The molecule has 0 saturated carbocycles. The van der Waals surface area contributed by atoms with Crippen LogP contribution in [0, 0.1) is 0 Å². The Morgan fingerprint density at radius 1 is 0.611 bits per heavy atom. The van der Waals surface area contributed by atoms with E-state index in [1.807, 2.05) is 0 Å². The number of hydrogen-bond acceptors (Lipinski definition) is 4. The fraction of sp³-hybridized carbons (Fsp3) is 0. The van der Waals surface area contributed by atoms with E-state index in [1.165, 1.54) is 21.6 Å². The lowest BCUT2D eigenvalue weighted by Crippen LogP contribution is -1.79. The number of rotatable bonds is 3. The Morgan fingerprint density at radius 2 is 0.889 bits per heavy atom. The van der Waals surface area contributed by atoms with Gasteiger partial charge in [-0.15, -0.1) is 0 Å². The lowest BCUT2D eigenvalue weighted by Gasteiger charge is -2.03. The van der Waals surface area contributed by atoms with Crippen molar-refractivity contribution in [1.29, 1.82) is 0 Å². The zero-order valence-electron chi connectivity index (χ0n) is 8.53. The largest absolute Gasteiger partial charge is 0.224 e. The molecule has 2 aromatic rings. The van der Waals surface area contributed by atoms with Crippen LogP contribution in [0.4, 0.5) is 0 Å². The molecule has 2 heterocycles. The quantitative estimate of drug-likeness (QED) is 0.505. The summed E-state index contributed by atoms with van der Waals surface area (Å²) in [5.41, 5.74) is 0. The predicted octanol–water partition coefficient (Wildman–Crippen LogP) is 5.89. The molecule has 0 aromatic carbocycles. The topological polar surface area (TPSA) is 25.8 Å². The van der Waals surface area contributed by atoms with E-state index in [2.05, 4.69) is 9.97 Å². The maximum Gasteiger partial charge on any atom is 0.131 e. The first kappa shape index (κ1) is 14.6. The van der Waals surface area contributed by atoms with Crippen molar-refractivity contribution in [2.24, 2.45) is 0 Å². The molecule has 0 unspecified atom stereocenters. The fourth-order valence-corrected chi connectivity index (χ4v) is 4.24. The van der Waals surface area contributed by atoms with Crippen molar-refractivity contribution in [3.05, 3.63) is 44.9 Å². The van der Waals surface area contributed by atoms with Gasteiger partial charge < -0.3 is 0 Å². The molecule has 0 aliphatic heterocycles. The molecule has 2 rings (SSSR count). The van der Waals surface area contributed by atoms with E-state index >= 15 is 0 Å². The molecule has 0 aliphatic carbocycles. The third-order valence-electron chi connectivity index (χ3n) is 1.71. The van der Waals surface area contributed by atoms with Gasteiger partial charge >= 0.3 is 0 Å². The van der Waals surface area contributed by atoms with Gasteiger partial charge in [0.2, 0.25) is 0 Å². The van der Waals surface area contributed by atoms with Crippen molar-refractivity contribution < 1.29 is 0 Å².